The van der Waals surface area contributed by atoms with Gasteiger partial charge in [0.05, 0.1) is 5.41 Å². The molecule has 0 bridgehead atoms. The van der Waals surface area contributed by atoms with Crippen LogP contribution >= 0.6 is 0 Å². The smallest absolute Gasteiger partial charge is 0.348 e. The van der Waals surface area contributed by atoms with Crippen molar-refractivity contribution in [3.05, 3.63) is 163 Å². The number of nitrogens with zero attached hydrogens (tertiary/aromatic N) is 6. The van der Waals surface area contributed by atoms with Gasteiger partial charge in [-0.3, -0.25) is 29.1 Å². The molecule has 3 amide bonds. The molecule has 0 aromatic heterocycles. The second-order valence-corrected chi connectivity index (χ2v) is 13.4. The topological polar surface area (TPSA) is 211 Å². The minimum atomic E-state index is -1.49. The highest BCUT2D eigenvalue weighted by molar-refractivity contribution is 5.96. The molecular formula is C48H44N6O9. The van der Waals surface area contributed by atoms with Crippen molar-refractivity contribution < 1.29 is 43.0 Å². The van der Waals surface area contributed by atoms with Crippen LogP contribution in [-0.4, -0.2) is 55.5 Å². The largest absolute Gasteiger partial charge is 0.461 e. The van der Waals surface area contributed by atoms with E-state index in [1.165, 1.54) is 72.3 Å². The molecule has 0 radical (unpaired) electrons. The quantitative estimate of drug-likeness (QED) is 0.0390. The molecule has 3 aromatic rings. The summed E-state index contributed by atoms with van der Waals surface area (Å²) in [7, 11) is 0. The van der Waals surface area contributed by atoms with E-state index in [9.17, 15) is 44.6 Å². The second-order valence-electron chi connectivity index (χ2n) is 13.4. The Kier molecular flexibility index (Phi) is 19.4. The molecule has 0 fully saturated rings. The normalized spacial score (nSPS) is 12.6. The molecule has 0 aliphatic rings. The highest BCUT2D eigenvalue weighted by atomic mass is 16.6. The lowest BCUT2D eigenvalue weighted by Crippen LogP contribution is -2.39. The third kappa shape index (κ3) is 15.2. The summed E-state index contributed by atoms with van der Waals surface area (Å²) in [5, 5.41) is 29.4. The number of ether oxygens (including phenoxy) is 3. The summed E-state index contributed by atoms with van der Waals surface area (Å²) in [6, 6.07) is 31.1. The zero-order chi connectivity index (χ0) is 46.2. The summed E-state index contributed by atoms with van der Waals surface area (Å²) in [5.74, 6) is -4.31. The van der Waals surface area contributed by atoms with E-state index >= 15 is 0 Å². The molecule has 0 N–H and O–H groups in total. The second kappa shape index (κ2) is 25.1. The molecule has 15 nitrogen and oxygen atoms in total. The maximum Gasteiger partial charge on any atom is 0.348 e. The molecule has 0 unspecified atom stereocenters. The molecule has 15 heteroatoms. The van der Waals surface area contributed by atoms with Crippen molar-refractivity contribution in [2.45, 2.75) is 34.1 Å². The van der Waals surface area contributed by atoms with Gasteiger partial charge >= 0.3 is 17.9 Å². The van der Waals surface area contributed by atoms with Gasteiger partial charge in [-0.1, -0.05) is 61.5 Å². The summed E-state index contributed by atoms with van der Waals surface area (Å²) in [4.78, 5) is 80.4. The van der Waals surface area contributed by atoms with Gasteiger partial charge in [-0.05, 0) is 79.3 Å². The number of nitriles is 3. The number of hydrogen-bond acceptors (Lipinski definition) is 12. The fraction of sp³-hybridized carbons (Fsp3) is 0.188. The first-order valence-electron chi connectivity index (χ1n) is 19.2. The van der Waals surface area contributed by atoms with Crippen LogP contribution in [0.4, 0.5) is 17.1 Å². The Bertz CT molecular complexity index is 2170. The van der Waals surface area contributed by atoms with Crippen LogP contribution < -0.4 is 14.7 Å². The van der Waals surface area contributed by atoms with Crippen LogP contribution in [-0.2, 0) is 43.0 Å². The van der Waals surface area contributed by atoms with Gasteiger partial charge in [-0.2, -0.15) is 15.8 Å². The molecule has 0 spiro atoms. The summed E-state index contributed by atoms with van der Waals surface area (Å²) < 4.78 is 16.5. The van der Waals surface area contributed by atoms with Gasteiger partial charge in [0.15, 0.2) is 0 Å². The Hall–Kier alpha value is -8.61. The van der Waals surface area contributed by atoms with Gasteiger partial charge in [0, 0.05) is 56.4 Å². The van der Waals surface area contributed by atoms with E-state index in [2.05, 4.69) is 0 Å². The zero-order valence-electron chi connectivity index (χ0n) is 35.0. The molecule has 0 heterocycles. The molecule has 0 atom stereocenters. The van der Waals surface area contributed by atoms with Gasteiger partial charge in [0.2, 0.25) is 17.7 Å². The van der Waals surface area contributed by atoms with Crippen LogP contribution in [0.2, 0.25) is 0 Å². The Morgan fingerprint density at radius 1 is 0.492 bits per heavy atom. The number of carbonyl (C=O) groups excluding carboxylic acids is 6. The first-order valence-corrected chi connectivity index (χ1v) is 19.2. The number of para-hydroxylation sites is 3. The number of allylic oxidation sites excluding steroid dienone is 6. The van der Waals surface area contributed by atoms with E-state index < -0.39 is 59.9 Å². The van der Waals surface area contributed by atoms with Crippen molar-refractivity contribution in [1.82, 2.24) is 0 Å². The molecule has 320 valence electrons. The van der Waals surface area contributed by atoms with E-state index in [1.807, 2.05) is 0 Å². The summed E-state index contributed by atoms with van der Waals surface area (Å²) in [5.41, 5.74) is -1.25. The van der Waals surface area contributed by atoms with Crippen LogP contribution in [0.25, 0.3) is 0 Å². The number of esters is 3. The van der Waals surface area contributed by atoms with Gasteiger partial charge in [-0.15, -0.1) is 0 Å². The first-order chi connectivity index (χ1) is 30.3. The number of hydrogen-bond donors (Lipinski definition) is 0. The fourth-order valence-corrected chi connectivity index (χ4v) is 5.33. The van der Waals surface area contributed by atoms with E-state index in [0.29, 0.717) is 17.1 Å². The number of anilines is 3. The minimum absolute atomic E-state index is 0.0310. The average molecular weight is 849 g/mol. The van der Waals surface area contributed by atoms with E-state index in [-0.39, 0.29) is 24.1 Å². The zero-order valence-corrected chi connectivity index (χ0v) is 35.0. The van der Waals surface area contributed by atoms with Crippen molar-refractivity contribution in [3.63, 3.8) is 0 Å². The predicted octanol–water partition coefficient (Wildman–Crippen LogP) is 7.06. The molecule has 0 aliphatic heterocycles. The summed E-state index contributed by atoms with van der Waals surface area (Å²) >= 11 is 0. The Balaban J connectivity index is 1.88. The Morgan fingerprint density at radius 3 is 0.952 bits per heavy atom. The fourth-order valence-electron chi connectivity index (χ4n) is 5.33. The van der Waals surface area contributed by atoms with Gasteiger partial charge in [0.25, 0.3) is 0 Å². The summed E-state index contributed by atoms with van der Waals surface area (Å²) in [6.07, 6.45) is 11.5. The van der Waals surface area contributed by atoms with E-state index in [0.717, 1.165) is 18.2 Å². The molecule has 0 aliphatic carbocycles. The third-order valence-corrected chi connectivity index (χ3v) is 8.91. The van der Waals surface area contributed by atoms with Gasteiger partial charge in [0.1, 0.15) is 54.7 Å². The SMILES string of the molecule is CCC(COC(=O)C(C#N)=CC=CN(C(C)=O)c1ccccc1)(COC(=O)C(C#N)=CC=CN(C(C)=O)c1ccccc1)COC(=O)C(C#N)=CC=CN(C(C)=O)c1ccccc1. The van der Waals surface area contributed by atoms with Crippen molar-refractivity contribution in [2.24, 2.45) is 5.41 Å². The molecule has 63 heavy (non-hydrogen) atoms. The van der Waals surface area contributed by atoms with Crippen molar-refractivity contribution in [3.8, 4) is 18.2 Å². The van der Waals surface area contributed by atoms with Crippen LogP contribution in [0, 0.1) is 39.4 Å². The first kappa shape index (κ1) is 48.8. The molecule has 3 rings (SSSR count). The maximum absolute atomic E-state index is 13.2. The van der Waals surface area contributed by atoms with Crippen molar-refractivity contribution in [2.75, 3.05) is 34.5 Å². The lowest BCUT2D eigenvalue weighted by Gasteiger charge is -2.30. The Morgan fingerprint density at radius 2 is 0.746 bits per heavy atom. The van der Waals surface area contributed by atoms with Crippen LogP contribution in [0.15, 0.2) is 163 Å². The van der Waals surface area contributed by atoms with Crippen molar-refractivity contribution in [1.29, 1.82) is 15.8 Å². The maximum atomic E-state index is 13.2. The number of benzene rings is 3. The number of rotatable bonds is 19. The minimum Gasteiger partial charge on any atom is -0.461 e. The van der Waals surface area contributed by atoms with Crippen LogP contribution in [0.1, 0.15) is 34.1 Å². The molecule has 0 saturated heterocycles. The Labute approximate surface area is 365 Å². The molecular weight excluding hydrogens is 805 g/mol. The predicted molar refractivity (Wildman–Crippen MR) is 233 cm³/mol. The lowest BCUT2D eigenvalue weighted by atomic mass is 9.88. The van der Waals surface area contributed by atoms with Gasteiger partial charge < -0.3 is 14.2 Å². The monoisotopic (exact) mass is 848 g/mol. The highest BCUT2D eigenvalue weighted by Gasteiger charge is 2.35. The van der Waals surface area contributed by atoms with Crippen LogP contribution in [0.5, 0.6) is 0 Å². The standard InChI is InChI=1S/C48H44N6O9/c1-5-48(33-61-45(58)39(30-49)18-15-27-52(36(2)55)42-21-9-6-10-22-42,34-62-46(59)40(31-50)19-16-28-53(37(3)56)43-23-11-7-12-24-43)35-63-47(60)41(32-51)20-17-29-54(38(4)57)44-25-13-8-14-26-44/h6-29H,5,33-35H2,1-4H3. The average Bonchev–Trinajstić information content (AvgIpc) is 3.29. The third-order valence-electron chi connectivity index (χ3n) is 8.91. The van der Waals surface area contributed by atoms with Gasteiger partial charge in [-0.25, -0.2) is 14.4 Å². The molecule has 3 aromatic carbocycles. The number of carbonyl (C=O) groups is 6. The van der Waals surface area contributed by atoms with E-state index in [1.54, 1.807) is 116 Å². The summed E-state index contributed by atoms with van der Waals surface area (Å²) in [6.45, 7) is 3.89. The lowest BCUT2D eigenvalue weighted by molar-refractivity contribution is -0.157. The van der Waals surface area contributed by atoms with Crippen LogP contribution in [0.3, 0.4) is 0 Å². The number of amides is 3. The highest BCUT2D eigenvalue weighted by Crippen LogP contribution is 2.26. The molecule has 0 saturated carbocycles. The van der Waals surface area contributed by atoms with Crippen molar-refractivity contribution >= 4 is 52.7 Å². The van der Waals surface area contributed by atoms with E-state index in [4.69, 9.17) is 14.2 Å².